The molecular formula is C15H24F2N2. The Bertz CT molecular complexity index is 407. The fraction of sp³-hybridized carbons (Fsp3) is 0.600. The SMILES string of the molecule is CC(C)CN(CC(C)C)c1ccc(CN)c(F)c1F. The molecule has 0 spiro atoms. The van der Waals surface area contributed by atoms with Crippen molar-refractivity contribution in [2.45, 2.75) is 34.2 Å². The third-order valence-corrected chi connectivity index (χ3v) is 2.87. The van der Waals surface area contributed by atoms with Crippen LogP contribution < -0.4 is 10.6 Å². The first kappa shape index (κ1) is 15.9. The highest BCUT2D eigenvalue weighted by Crippen LogP contribution is 2.25. The zero-order valence-electron chi connectivity index (χ0n) is 12.2. The van der Waals surface area contributed by atoms with Crippen molar-refractivity contribution in [3.63, 3.8) is 0 Å². The van der Waals surface area contributed by atoms with Crippen molar-refractivity contribution in [2.24, 2.45) is 17.6 Å². The minimum atomic E-state index is -0.822. The molecule has 4 heteroatoms. The van der Waals surface area contributed by atoms with Gasteiger partial charge in [-0.25, -0.2) is 8.78 Å². The van der Waals surface area contributed by atoms with Gasteiger partial charge in [-0.1, -0.05) is 33.8 Å². The van der Waals surface area contributed by atoms with Crippen LogP contribution in [0.4, 0.5) is 14.5 Å². The lowest BCUT2D eigenvalue weighted by Crippen LogP contribution is -2.32. The molecule has 0 bridgehead atoms. The van der Waals surface area contributed by atoms with Crippen LogP contribution in [-0.2, 0) is 6.54 Å². The van der Waals surface area contributed by atoms with Crippen LogP contribution in [0.1, 0.15) is 33.3 Å². The summed E-state index contributed by atoms with van der Waals surface area (Å²) in [5.74, 6) is -0.840. The molecule has 2 N–H and O–H groups in total. The monoisotopic (exact) mass is 270 g/mol. The number of anilines is 1. The standard InChI is InChI=1S/C15H24F2N2/c1-10(2)8-19(9-11(3)4)13-6-5-12(7-18)14(16)15(13)17/h5-6,10-11H,7-9,18H2,1-4H3. The maximum absolute atomic E-state index is 14.1. The molecule has 19 heavy (non-hydrogen) atoms. The largest absolute Gasteiger partial charge is 0.369 e. The third-order valence-electron chi connectivity index (χ3n) is 2.87. The summed E-state index contributed by atoms with van der Waals surface area (Å²) in [4.78, 5) is 1.91. The molecule has 108 valence electrons. The van der Waals surface area contributed by atoms with E-state index in [1.165, 1.54) is 0 Å². The Labute approximate surface area is 114 Å². The Morgan fingerprint density at radius 2 is 1.53 bits per heavy atom. The molecule has 0 unspecified atom stereocenters. The van der Waals surface area contributed by atoms with Crippen LogP contribution in [0.5, 0.6) is 0 Å². The molecular weight excluding hydrogens is 246 g/mol. The Balaban J connectivity index is 3.11. The van der Waals surface area contributed by atoms with Gasteiger partial charge in [0.1, 0.15) is 0 Å². The first-order valence-corrected chi connectivity index (χ1v) is 6.78. The van der Waals surface area contributed by atoms with Crippen molar-refractivity contribution < 1.29 is 8.78 Å². The molecule has 0 atom stereocenters. The van der Waals surface area contributed by atoms with E-state index in [0.29, 0.717) is 30.6 Å². The summed E-state index contributed by atoms with van der Waals surface area (Å²) in [6.45, 7) is 9.68. The first-order chi connectivity index (χ1) is 8.86. The van der Waals surface area contributed by atoms with Crippen molar-refractivity contribution >= 4 is 5.69 Å². The predicted molar refractivity (Wildman–Crippen MR) is 76.1 cm³/mol. The second-order valence-corrected chi connectivity index (χ2v) is 5.77. The average Bonchev–Trinajstić information content (AvgIpc) is 2.30. The lowest BCUT2D eigenvalue weighted by Gasteiger charge is -2.29. The Kier molecular flexibility index (Phi) is 5.73. The van der Waals surface area contributed by atoms with Gasteiger partial charge >= 0.3 is 0 Å². The topological polar surface area (TPSA) is 29.3 Å². The van der Waals surface area contributed by atoms with E-state index in [-0.39, 0.29) is 12.1 Å². The number of rotatable bonds is 6. The molecule has 0 saturated carbocycles. The summed E-state index contributed by atoms with van der Waals surface area (Å²) in [5.41, 5.74) is 5.94. The molecule has 2 nitrogen and oxygen atoms in total. The highest BCUT2D eigenvalue weighted by atomic mass is 19.2. The molecule has 0 aliphatic heterocycles. The fourth-order valence-corrected chi connectivity index (χ4v) is 2.13. The van der Waals surface area contributed by atoms with E-state index in [4.69, 9.17) is 5.73 Å². The fourth-order valence-electron chi connectivity index (χ4n) is 2.13. The zero-order valence-corrected chi connectivity index (χ0v) is 12.2. The van der Waals surface area contributed by atoms with Crippen LogP contribution >= 0.6 is 0 Å². The maximum Gasteiger partial charge on any atom is 0.182 e. The minimum Gasteiger partial charge on any atom is -0.369 e. The number of nitrogens with zero attached hydrogens (tertiary/aromatic N) is 1. The van der Waals surface area contributed by atoms with E-state index in [2.05, 4.69) is 27.7 Å². The summed E-state index contributed by atoms with van der Waals surface area (Å²) in [5, 5.41) is 0. The average molecular weight is 270 g/mol. The van der Waals surface area contributed by atoms with Crippen molar-refractivity contribution in [3.8, 4) is 0 Å². The molecule has 0 saturated heterocycles. The Morgan fingerprint density at radius 1 is 1.00 bits per heavy atom. The lowest BCUT2D eigenvalue weighted by molar-refractivity contribution is 0.486. The number of hydrogen-bond donors (Lipinski definition) is 1. The van der Waals surface area contributed by atoms with Gasteiger partial charge in [0.15, 0.2) is 11.6 Å². The van der Waals surface area contributed by atoms with Crippen molar-refractivity contribution in [2.75, 3.05) is 18.0 Å². The summed E-state index contributed by atoms with van der Waals surface area (Å²) in [6, 6.07) is 3.20. The van der Waals surface area contributed by atoms with E-state index in [1.54, 1.807) is 12.1 Å². The molecule has 0 fully saturated rings. The molecule has 0 heterocycles. The van der Waals surface area contributed by atoms with Gasteiger partial charge in [0.05, 0.1) is 5.69 Å². The van der Waals surface area contributed by atoms with Gasteiger partial charge < -0.3 is 10.6 Å². The summed E-state index contributed by atoms with van der Waals surface area (Å²) in [7, 11) is 0. The molecule has 0 amide bonds. The van der Waals surface area contributed by atoms with Gasteiger partial charge in [0.2, 0.25) is 0 Å². The Morgan fingerprint density at radius 3 is 1.95 bits per heavy atom. The van der Waals surface area contributed by atoms with Crippen molar-refractivity contribution in [1.29, 1.82) is 0 Å². The summed E-state index contributed by atoms with van der Waals surface area (Å²) >= 11 is 0. The van der Waals surface area contributed by atoms with Gasteiger partial charge in [-0.3, -0.25) is 0 Å². The third kappa shape index (κ3) is 4.16. The van der Waals surface area contributed by atoms with Crippen LogP contribution in [0, 0.1) is 23.5 Å². The summed E-state index contributed by atoms with van der Waals surface area (Å²) < 4.78 is 27.9. The van der Waals surface area contributed by atoms with Gasteiger partial charge in [-0.05, 0) is 17.9 Å². The predicted octanol–water partition coefficient (Wildman–Crippen LogP) is 3.54. The number of hydrogen-bond acceptors (Lipinski definition) is 2. The maximum atomic E-state index is 14.1. The summed E-state index contributed by atoms with van der Waals surface area (Å²) in [6.07, 6.45) is 0. The normalized spacial score (nSPS) is 11.4. The lowest BCUT2D eigenvalue weighted by atomic mass is 10.1. The Hall–Kier alpha value is -1.16. The second kappa shape index (κ2) is 6.85. The van der Waals surface area contributed by atoms with Crippen LogP contribution in [-0.4, -0.2) is 13.1 Å². The van der Waals surface area contributed by atoms with Crippen molar-refractivity contribution in [3.05, 3.63) is 29.3 Å². The molecule has 0 aliphatic carbocycles. The molecule has 0 aliphatic rings. The molecule has 1 aromatic rings. The van der Waals surface area contributed by atoms with Gasteiger partial charge in [-0.15, -0.1) is 0 Å². The molecule has 1 aromatic carbocycles. The smallest absolute Gasteiger partial charge is 0.182 e. The van der Waals surface area contributed by atoms with Gasteiger partial charge in [0, 0.05) is 25.2 Å². The number of benzene rings is 1. The van der Waals surface area contributed by atoms with Crippen molar-refractivity contribution in [1.82, 2.24) is 0 Å². The van der Waals surface area contributed by atoms with E-state index in [1.807, 2.05) is 4.90 Å². The van der Waals surface area contributed by atoms with Gasteiger partial charge in [-0.2, -0.15) is 0 Å². The highest BCUT2D eigenvalue weighted by molar-refractivity contribution is 5.50. The quantitative estimate of drug-likeness (QED) is 0.856. The second-order valence-electron chi connectivity index (χ2n) is 5.77. The minimum absolute atomic E-state index is 0.0113. The van der Waals surface area contributed by atoms with Crippen LogP contribution in [0.3, 0.4) is 0 Å². The van der Waals surface area contributed by atoms with E-state index < -0.39 is 11.6 Å². The highest BCUT2D eigenvalue weighted by Gasteiger charge is 2.19. The number of halogens is 2. The van der Waals surface area contributed by atoms with Crippen LogP contribution in [0.15, 0.2) is 12.1 Å². The molecule has 0 aromatic heterocycles. The molecule has 1 rings (SSSR count). The van der Waals surface area contributed by atoms with Crippen LogP contribution in [0.2, 0.25) is 0 Å². The van der Waals surface area contributed by atoms with E-state index in [9.17, 15) is 8.78 Å². The van der Waals surface area contributed by atoms with Gasteiger partial charge in [0.25, 0.3) is 0 Å². The number of nitrogens with two attached hydrogens (primary N) is 1. The van der Waals surface area contributed by atoms with E-state index in [0.717, 1.165) is 0 Å². The first-order valence-electron chi connectivity index (χ1n) is 6.78. The molecule has 0 radical (unpaired) electrons. The van der Waals surface area contributed by atoms with Crippen LogP contribution in [0.25, 0.3) is 0 Å². The van der Waals surface area contributed by atoms with E-state index >= 15 is 0 Å². The zero-order chi connectivity index (χ0) is 14.6.